The molecule has 0 unspecified atom stereocenters. The summed E-state index contributed by atoms with van der Waals surface area (Å²) in [5, 5.41) is 17.8. The van der Waals surface area contributed by atoms with Crippen molar-refractivity contribution in [3.8, 4) is 0 Å². The first-order valence-corrected chi connectivity index (χ1v) is 2.15. The largest absolute Gasteiger partial charge is 2.00 e. The Labute approximate surface area is 79.9 Å². The van der Waals surface area contributed by atoms with Gasteiger partial charge in [0.1, 0.15) is 0 Å². The van der Waals surface area contributed by atoms with Crippen molar-refractivity contribution in [3.05, 3.63) is 0 Å². The molecule has 0 saturated heterocycles. The third kappa shape index (κ3) is 1370. The van der Waals surface area contributed by atoms with E-state index >= 15 is 0 Å². The molecule has 0 saturated carbocycles. The summed E-state index contributed by atoms with van der Waals surface area (Å²) >= 11 is 0. The fraction of sp³-hybridized carbons (Fsp3) is 0.500. The van der Waals surface area contributed by atoms with E-state index in [0.717, 1.165) is 13.8 Å². The van der Waals surface area contributed by atoms with Crippen LogP contribution in [0.2, 0.25) is 0 Å². The molecule has 0 rings (SSSR count). The number of hydrogen-bond donors (Lipinski definition) is 2. The second-order valence-electron chi connectivity index (χ2n) is 0.983. The van der Waals surface area contributed by atoms with Gasteiger partial charge >= 0.3 is 16.5 Å². The molecule has 8 heteroatoms. The minimum atomic E-state index is -1.08. The topological polar surface area (TPSA) is 164 Å². The van der Waals surface area contributed by atoms with Crippen LogP contribution in [-0.2, 0) is 26.1 Å². The Balaban J connectivity index is -0.0000000198. The maximum Gasteiger partial charge on any atom is 2.00 e. The van der Waals surface area contributed by atoms with E-state index in [1.165, 1.54) is 0 Å². The summed E-state index contributed by atoms with van der Waals surface area (Å²) in [5.74, 6) is 5.83. The molecule has 78 valence electrons. The Morgan fingerprint density at radius 3 is 1.00 bits per heavy atom. The van der Waals surface area contributed by atoms with E-state index in [1.54, 1.807) is 0 Å². The van der Waals surface area contributed by atoms with Crippen LogP contribution in [0.4, 0.5) is 0 Å². The molecule has 0 radical (unpaired) electrons. The Morgan fingerprint density at radius 2 is 1.00 bits per heavy atom. The number of carboxylic acid groups (broad SMARTS) is 2. The van der Waals surface area contributed by atoms with E-state index < -0.39 is 11.9 Å². The second-order valence-corrected chi connectivity index (χ2v) is 0.983. The molecule has 7 nitrogen and oxygen atoms in total. The number of hydrazine groups is 1. The quantitative estimate of drug-likeness (QED) is 0.240. The minimum absolute atomic E-state index is 0. The average Bonchev–Trinajstić information content (AvgIpc) is 1.66. The van der Waals surface area contributed by atoms with Crippen LogP contribution < -0.4 is 21.9 Å². The Morgan fingerprint density at radius 1 is 1.00 bits per heavy atom. The summed E-state index contributed by atoms with van der Waals surface area (Å²) in [6.45, 7) is 1.94. The van der Waals surface area contributed by atoms with E-state index in [4.69, 9.17) is 19.8 Å². The predicted octanol–water partition coefficient (Wildman–Crippen LogP) is -4.50. The summed E-state index contributed by atoms with van der Waals surface area (Å²) in [4.78, 5) is 17.8. The van der Waals surface area contributed by atoms with Crippen molar-refractivity contribution in [1.29, 1.82) is 0 Å². The van der Waals surface area contributed by atoms with E-state index in [1.807, 2.05) is 0 Å². The molecular weight excluding hydrogens is 215 g/mol. The zero-order valence-corrected chi connectivity index (χ0v) is 7.59. The van der Waals surface area contributed by atoms with Gasteiger partial charge in [-0.1, -0.05) is 0 Å². The number of hydrogen-bond acceptors (Lipinski definition) is 6. The van der Waals surface area contributed by atoms with Crippen molar-refractivity contribution >= 4 is 11.9 Å². The standard InChI is InChI=1S/2C2H4O2.H4N2.Ni.H2O/c2*1-2(3)4;1-2;;/h2*1H3,(H,3,4);1-2H2;;1H2/q;;;+2;/p-2. The minimum Gasteiger partial charge on any atom is -0.550 e. The van der Waals surface area contributed by atoms with Crippen LogP contribution in [0, 0.1) is 0 Å². The molecule has 0 amide bonds. The van der Waals surface area contributed by atoms with Crippen molar-refractivity contribution in [2.75, 3.05) is 0 Å². The van der Waals surface area contributed by atoms with Gasteiger partial charge < -0.3 is 25.3 Å². The van der Waals surface area contributed by atoms with Gasteiger partial charge in [-0.2, -0.15) is 0 Å². The van der Waals surface area contributed by atoms with E-state index in [0.29, 0.717) is 0 Å². The van der Waals surface area contributed by atoms with Crippen molar-refractivity contribution in [2.45, 2.75) is 13.8 Å². The molecule has 0 aliphatic heterocycles. The molecule has 0 atom stereocenters. The van der Waals surface area contributed by atoms with Crippen LogP contribution in [-0.4, -0.2) is 17.4 Å². The summed E-state index contributed by atoms with van der Waals surface area (Å²) in [5.41, 5.74) is 0. The summed E-state index contributed by atoms with van der Waals surface area (Å²) in [7, 11) is 0. The maximum atomic E-state index is 8.89. The van der Waals surface area contributed by atoms with Crippen molar-refractivity contribution in [3.63, 3.8) is 0 Å². The number of rotatable bonds is 0. The molecule has 0 heterocycles. The predicted molar refractivity (Wildman–Crippen MR) is 33.4 cm³/mol. The van der Waals surface area contributed by atoms with Crippen LogP contribution in [0.5, 0.6) is 0 Å². The van der Waals surface area contributed by atoms with Gasteiger partial charge in [0.25, 0.3) is 0 Å². The van der Waals surface area contributed by atoms with Crippen molar-refractivity contribution in [2.24, 2.45) is 11.7 Å². The normalized spacial score (nSPS) is 4.67. The number of nitrogens with two attached hydrogens (primary N) is 2. The van der Waals surface area contributed by atoms with E-state index in [-0.39, 0.29) is 22.0 Å². The second kappa shape index (κ2) is 31.7. The first kappa shape index (κ1) is 30.2. The molecule has 0 bridgehead atoms. The van der Waals surface area contributed by atoms with Gasteiger partial charge in [0.05, 0.1) is 0 Å². The fourth-order valence-electron chi connectivity index (χ4n) is 0. The maximum absolute atomic E-state index is 8.89. The Kier molecular flexibility index (Phi) is 79.7. The molecule has 0 spiro atoms. The smallest absolute Gasteiger partial charge is 0.550 e. The van der Waals surface area contributed by atoms with Gasteiger partial charge in [-0.3, -0.25) is 11.7 Å². The monoisotopic (exact) mass is 226 g/mol. The number of carbonyl (C=O) groups excluding carboxylic acids is 2. The van der Waals surface area contributed by atoms with Crippen LogP contribution in [0.25, 0.3) is 0 Å². The molecular formula is C4H12N2NiO5. The SMILES string of the molecule is CC(=O)[O-].CC(=O)[O-].NN.O.[Ni+2]. The Bertz CT molecular complexity index is 79.4. The van der Waals surface area contributed by atoms with Crippen LogP contribution in [0.15, 0.2) is 0 Å². The molecule has 0 aromatic carbocycles. The third-order valence-corrected chi connectivity index (χ3v) is 0. The molecule has 0 aromatic heterocycles. The summed E-state index contributed by atoms with van der Waals surface area (Å²) in [6, 6.07) is 0. The summed E-state index contributed by atoms with van der Waals surface area (Å²) in [6.07, 6.45) is 0. The Hall–Kier alpha value is -0.686. The zero-order chi connectivity index (χ0) is 9.15. The number of carbonyl (C=O) groups is 2. The van der Waals surface area contributed by atoms with Crippen LogP contribution in [0.1, 0.15) is 13.8 Å². The number of aliphatic carboxylic acids is 2. The van der Waals surface area contributed by atoms with Gasteiger partial charge in [-0.25, -0.2) is 0 Å². The summed E-state index contributed by atoms with van der Waals surface area (Å²) < 4.78 is 0. The van der Waals surface area contributed by atoms with E-state index in [9.17, 15) is 0 Å². The van der Waals surface area contributed by atoms with Crippen molar-refractivity contribution in [1.82, 2.24) is 0 Å². The van der Waals surface area contributed by atoms with Gasteiger partial charge in [-0.05, 0) is 13.8 Å². The van der Waals surface area contributed by atoms with Gasteiger partial charge in [-0.15, -0.1) is 0 Å². The van der Waals surface area contributed by atoms with Gasteiger partial charge in [0, 0.05) is 11.9 Å². The van der Waals surface area contributed by atoms with E-state index in [2.05, 4.69) is 11.7 Å². The molecule has 0 fully saturated rings. The third-order valence-electron chi connectivity index (χ3n) is 0. The molecule has 6 N–H and O–H groups in total. The van der Waals surface area contributed by atoms with Gasteiger partial charge in [0.2, 0.25) is 0 Å². The number of carboxylic acids is 2. The van der Waals surface area contributed by atoms with Crippen LogP contribution >= 0.6 is 0 Å². The first-order chi connectivity index (χ1) is 4.46. The van der Waals surface area contributed by atoms with Gasteiger partial charge in [0.15, 0.2) is 0 Å². The molecule has 0 aliphatic rings. The van der Waals surface area contributed by atoms with Crippen LogP contribution in [0.3, 0.4) is 0 Å². The zero-order valence-electron chi connectivity index (χ0n) is 6.60. The first-order valence-electron chi connectivity index (χ1n) is 2.15. The average molecular weight is 227 g/mol. The molecule has 0 aliphatic carbocycles. The fourth-order valence-corrected chi connectivity index (χ4v) is 0. The van der Waals surface area contributed by atoms with Crippen molar-refractivity contribution < 1.29 is 41.8 Å². The molecule has 0 aromatic rings. The molecule has 12 heavy (non-hydrogen) atoms.